The number of carbonyl (C=O) groups is 1. The summed E-state index contributed by atoms with van der Waals surface area (Å²) in [6, 6.07) is 1.60. The Bertz CT molecular complexity index is 570. The zero-order valence-electron chi connectivity index (χ0n) is 8.82. The Balaban J connectivity index is 2.68. The average molecular weight is 238 g/mol. The van der Waals surface area contributed by atoms with E-state index in [1.54, 1.807) is 0 Å². The van der Waals surface area contributed by atoms with Crippen molar-refractivity contribution in [1.29, 1.82) is 0 Å². The summed E-state index contributed by atoms with van der Waals surface area (Å²) in [6.45, 7) is 0. The number of hydrogen-bond acceptors (Lipinski definition) is 3. The van der Waals surface area contributed by atoms with Crippen LogP contribution in [0.5, 0.6) is 5.75 Å². The van der Waals surface area contributed by atoms with Gasteiger partial charge in [0.05, 0.1) is 17.5 Å². The molecule has 1 aromatic carbocycles. The summed E-state index contributed by atoms with van der Waals surface area (Å²) < 4.78 is 28.4. The first-order chi connectivity index (χ1) is 8.04. The zero-order valence-corrected chi connectivity index (χ0v) is 8.82. The van der Waals surface area contributed by atoms with Crippen LogP contribution in [-0.4, -0.2) is 20.9 Å². The molecule has 0 fully saturated rings. The van der Waals surface area contributed by atoms with E-state index in [0.717, 1.165) is 12.1 Å². The standard InChI is InChI=1S/C11H8F2N2O2/c1-15-9(4-14-10(15)5-16)11-7(12)2-6(17)3-8(11)13/h2-5,17H,1H3. The lowest BCUT2D eigenvalue weighted by atomic mass is 10.1. The van der Waals surface area contributed by atoms with Crippen LogP contribution in [0.15, 0.2) is 18.3 Å². The lowest BCUT2D eigenvalue weighted by Gasteiger charge is -2.06. The van der Waals surface area contributed by atoms with Crippen molar-refractivity contribution in [1.82, 2.24) is 9.55 Å². The average Bonchev–Trinajstić information content (AvgIpc) is 2.59. The molecule has 6 heteroatoms. The molecule has 0 bridgehead atoms. The predicted molar refractivity (Wildman–Crippen MR) is 55.6 cm³/mol. The fraction of sp³-hybridized carbons (Fsp3) is 0.0909. The van der Waals surface area contributed by atoms with E-state index in [0.29, 0.717) is 6.29 Å². The van der Waals surface area contributed by atoms with Crippen LogP contribution in [0.4, 0.5) is 8.78 Å². The Morgan fingerprint density at radius 3 is 2.41 bits per heavy atom. The molecular formula is C11H8F2N2O2. The Kier molecular flexibility index (Phi) is 2.63. The highest BCUT2D eigenvalue weighted by Gasteiger charge is 2.17. The number of aromatic nitrogens is 2. The maximum absolute atomic E-state index is 13.6. The van der Waals surface area contributed by atoms with Crippen molar-refractivity contribution in [2.45, 2.75) is 0 Å². The molecule has 0 amide bonds. The van der Waals surface area contributed by atoms with Gasteiger partial charge in [-0.25, -0.2) is 13.8 Å². The summed E-state index contributed by atoms with van der Waals surface area (Å²) in [5.41, 5.74) is -0.201. The molecule has 4 nitrogen and oxygen atoms in total. The maximum atomic E-state index is 13.6. The molecule has 88 valence electrons. The SMILES string of the molecule is Cn1c(-c2c(F)cc(O)cc2F)cnc1C=O. The number of aromatic hydroxyl groups is 1. The number of imidazole rings is 1. The van der Waals surface area contributed by atoms with Crippen molar-refractivity contribution in [3.05, 3.63) is 35.8 Å². The third-order valence-electron chi connectivity index (χ3n) is 2.41. The molecule has 2 rings (SSSR count). The van der Waals surface area contributed by atoms with Crippen molar-refractivity contribution < 1.29 is 18.7 Å². The molecule has 0 saturated carbocycles. The Labute approximate surface area is 95.1 Å². The van der Waals surface area contributed by atoms with E-state index in [4.69, 9.17) is 5.11 Å². The number of carbonyl (C=O) groups excluding carboxylic acids is 1. The second-order valence-corrected chi connectivity index (χ2v) is 3.46. The van der Waals surface area contributed by atoms with E-state index in [2.05, 4.69) is 4.98 Å². The molecule has 0 saturated heterocycles. The summed E-state index contributed by atoms with van der Waals surface area (Å²) in [5, 5.41) is 9.03. The summed E-state index contributed by atoms with van der Waals surface area (Å²) in [7, 11) is 1.47. The van der Waals surface area contributed by atoms with Crippen LogP contribution in [0.3, 0.4) is 0 Å². The number of rotatable bonds is 2. The summed E-state index contributed by atoms with van der Waals surface area (Å²) in [5.74, 6) is -2.26. The van der Waals surface area contributed by atoms with Crippen LogP contribution >= 0.6 is 0 Å². The first kappa shape index (κ1) is 11.3. The highest BCUT2D eigenvalue weighted by molar-refractivity contribution is 5.73. The van der Waals surface area contributed by atoms with Crippen molar-refractivity contribution in [2.75, 3.05) is 0 Å². The van der Waals surface area contributed by atoms with Crippen LogP contribution in [-0.2, 0) is 7.05 Å². The fourth-order valence-electron chi connectivity index (χ4n) is 1.57. The van der Waals surface area contributed by atoms with Gasteiger partial charge in [-0.3, -0.25) is 4.79 Å². The molecule has 1 heterocycles. The Morgan fingerprint density at radius 1 is 1.35 bits per heavy atom. The third-order valence-corrected chi connectivity index (χ3v) is 2.41. The second kappa shape index (κ2) is 3.97. The van der Waals surface area contributed by atoms with Gasteiger partial charge in [0.15, 0.2) is 12.1 Å². The number of halogens is 2. The summed E-state index contributed by atoms with van der Waals surface area (Å²) in [6.07, 6.45) is 1.68. The second-order valence-electron chi connectivity index (χ2n) is 3.46. The van der Waals surface area contributed by atoms with E-state index in [-0.39, 0.29) is 17.1 Å². The molecule has 17 heavy (non-hydrogen) atoms. The number of hydrogen-bond donors (Lipinski definition) is 1. The minimum atomic E-state index is -0.914. The lowest BCUT2D eigenvalue weighted by molar-refractivity contribution is 0.111. The van der Waals surface area contributed by atoms with Gasteiger partial charge in [-0.2, -0.15) is 0 Å². The van der Waals surface area contributed by atoms with Crippen LogP contribution in [0, 0.1) is 11.6 Å². The first-order valence-corrected chi connectivity index (χ1v) is 4.70. The van der Waals surface area contributed by atoms with Crippen molar-refractivity contribution in [3.8, 4) is 17.0 Å². The van der Waals surface area contributed by atoms with Gasteiger partial charge in [-0.05, 0) is 0 Å². The zero-order chi connectivity index (χ0) is 12.6. The maximum Gasteiger partial charge on any atom is 0.185 e. The smallest absolute Gasteiger partial charge is 0.185 e. The Morgan fingerprint density at radius 2 is 1.94 bits per heavy atom. The molecule has 0 aliphatic heterocycles. The van der Waals surface area contributed by atoms with Gasteiger partial charge in [-0.15, -0.1) is 0 Å². The van der Waals surface area contributed by atoms with Gasteiger partial charge >= 0.3 is 0 Å². The van der Waals surface area contributed by atoms with E-state index in [9.17, 15) is 13.6 Å². The number of aldehydes is 1. The molecule has 0 aliphatic rings. The number of nitrogens with zero attached hydrogens (tertiary/aromatic N) is 2. The minimum absolute atomic E-state index is 0.0619. The van der Waals surface area contributed by atoms with Crippen LogP contribution in [0.25, 0.3) is 11.3 Å². The van der Waals surface area contributed by atoms with Crippen molar-refractivity contribution in [3.63, 3.8) is 0 Å². The van der Waals surface area contributed by atoms with E-state index < -0.39 is 17.4 Å². The van der Waals surface area contributed by atoms with E-state index in [1.165, 1.54) is 17.8 Å². The molecule has 1 aromatic heterocycles. The quantitative estimate of drug-likeness (QED) is 0.813. The highest BCUT2D eigenvalue weighted by Crippen LogP contribution is 2.29. The molecule has 0 unspecified atom stereocenters. The van der Waals surface area contributed by atoms with Gasteiger partial charge in [-0.1, -0.05) is 0 Å². The summed E-state index contributed by atoms with van der Waals surface area (Å²) >= 11 is 0. The predicted octanol–water partition coefficient (Wildman–Crippen LogP) is 1.88. The fourth-order valence-corrected chi connectivity index (χ4v) is 1.57. The van der Waals surface area contributed by atoms with Crippen LogP contribution in [0.2, 0.25) is 0 Å². The highest BCUT2D eigenvalue weighted by atomic mass is 19.1. The van der Waals surface area contributed by atoms with Crippen LogP contribution in [0.1, 0.15) is 10.6 Å². The number of benzene rings is 1. The van der Waals surface area contributed by atoms with E-state index in [1.807, 2.05) is 0 Å². The van der Waals surface area contributed by atoms with Gasteiger partial charge in [0.2, 0.25) is 0 Å². The minimum Gasteiger partial charge on any atom is -0.508 e. The molecule has 2 aromatic rings. The lowest BCUT2D eigenvalue weighted by Crippen LogP contribution is -2.00. The molecule has 0 spiro atoms. The van der Waals surface area contributed by atoms with Gasteiger partial charge in [0, 0.05) is 19.2 Å². The van der Waals surface area contributed by atoms with E-state index >= 15 is 0 Å². The third kappa shape index (κ3) is 1.77. The molecule has 0 radical (unpaired) electrons. The largest absolute Gasteiger partial charge is 0.508 e. The number of phenols is 1. The Hall–Kier alpha value is -2.24. The monoisotopic (exact) mass is 238 g/mol. The topological polar surface area (TPSA) is 55.1 Å². The van der Waals surface area contributed by atoms with Crippen molar-refractivity contribution >= 4 is 6.29 Å². The van der Waals surface area contributed by atoms with Gasteiger partial charge in [0.25, 0.3) is 0 Å². The molecule has 0 atom stereocenters. The summed E-state index contributed by atoms with van der Waals surface area (Å²) in [4.78, 5) is 14.3. The normalized spacial score (nSPS) is 10.5. The first-order valence-electron chi connectivity index (χ1n) is 4.70. The molecule has 1 N–H and O–H groups in total. The van der Waals surface area contributed by atoms with Gasteiger partial charge < -0.3 is 9.67 Å². The molecular weight excluding hydrogens is 230 g/mol. The van der Waals surface area contributed by atoms with Crippen molar-refractivity contribution in [2.24, 2.45) is 7.05 Å². The van der Waals surface area contributed by atoms with Crippen LogP contribution < -0.4 is 0 Å². The van der Waals surface area contributed by atoms with Gasteiger partial charge in [0.1, 0.15) is 17.4 Å². The molecule has 0 aliphatic carbocycles. The number of phenolic OH excluding ortho intramolecular Hbond substituents is 1.